The highest BCUT2D eigenvalue weighted by Crippen LogP contribution is 2.33. The Kier molecular flexibility index (Phi) is 3.38. The molecule has 8 nitrogen and oxygen atoms in total. The van der Waals surface area contributed by atoms with Crippen LogP contribution in [0.5, 0.6) is 0 Å². The van der Waals surface area contributed by atoms with Crippen LogP contribution in [0.1, 0.15) is 12.1 Å². The molecule has 1 aliphatic heterocycles. The van der Waals surface area contributed by atoms with Crippen LogP contribution in [0.15, 0.2) is 18.8 Å². The van der Waals surface area contributed by atoms with Gasteiger partial charge in [0.15, 0.2) is 11.9 Å². The quantitative estimate of drug-likeness (QED) is 0.587. The summed E-state index contributed by atoms with van der Waals surface area (Å²) >= 11 is 0. The maximum Gasteiger partial charge on any atom is 0.166 e. The molecule has 2 aromatic heterocycles. The molecule has 8 heteroatoms. The number of aromatic nitrogens is 3. The molecule has 0 bridgehead atoms. The monoisotopic (exact) mass is 292 g/mol. The van der Waals surface area contributed by atoms with Gasteiger partial charge in [-0.15, -0.1) is 0 Å². The third-order valence-electron chi connectivity index (χ3n) is 3.59. The lowest BCUT2D eigenvalue weighted by atomic mass is 10.1. The van der Waals surface area contributed by atoms with E-state index in [0.29, 0.717) is 22.7 Å². The van der Waals surface area contributed by atoms with E-state index >= 15 is 0 Å². The van der Waals surface area contributed by atoms with Gasteiger partial charge >= 0.3 is 0 Å². The SMILES string of the molecule is C=Cc1nc2c(N)ccnc2n1[C@@H]1O[C@H](CO)[C@H](O)C1O. The molecule has 5 N–H and O–H groups in total. The molecule has 0 spiro atoms. The molecule has 3 rings (SSSR count). The number of rotatable bonds is 3. The van der Waals surface area contributed by atoms with Gasteiger partial charge in [-0.3, -0.25) is 4.57 Å². The first kappa shape index (κ1) is 14.0. The summed E-state index contributed by atoms with van der Waals surface area (Å²) in [6, 6.07) is 1.61. The van der Waals surface area contributed by atoms with Crippen molar-refractivity contribution in [2.75, 3.05) is 12.3 Å². The van der Waals surface area contributed by atoms with Crippen LogP contribution in [0, 0.1) is 0 Å². The Hall–Kier alpha value is -2.00. The van der Waals surface area contributed by atoms with Crippen molar-refractivity contribution < 1.29 is 20.1 Å². The zero-order chi connectivity index (χ0) is 15.1. The van der Waals surface area contributed by atoms with E-state index in [0.717, 1.165) is 0 Å². The number of fused-ring (bicyclic) bond motifs is 1. The molecule has 3 heterocycles. The maximum atomic E-state index is 10.2. The van der Waals surface area contributed by atoms with E-state index in [2.05, 4.69) is 16.5 Å². The Labute approximate surface area is 120 Å². The normalized spacial score (nSPS) is 29.1. The minimum atomic E-state index is -1.22. The zero-order valence-electron chi connectivity index (χ0n) is 11.1. The van der Waals surface area contributed by atoms with Gasteiger partial charge in [-0.05, 0) is 12.1 Å². The second-order valence-corrected chi connectivity index (χ2v) is 4.85. The minimum Gasteiger partial charge on any atom is -0.397 e. The Morgan fingerprint density at radius 1 is 1.43 bits per heavy atom. The molecule has 1 fully saturated rings. The number of ether oxygens (including phenoxy) is 1. The average Bonchev–Trinajstić information content (AvgIpc) is 2.99. The highest BCUT2D eigenvalue weighted by molar-refractivity contribution is 5.85. The van der Waals surface area contributed by atoms with Crippen LogP contribution in [-0.2, 0) is 4.74 Å². The van der Waals surface area contributed by atoms with Crippen LogP contribution >= 0.6 is 0 Å². The topological polar surface area (TPSA) is 127 Å². The molecule has 1 aliphatic rings. The predicted molar refractivity (Wildman–Crippen MR) is 75.0 cm³/mol. The number of anilines is 1. The van der Waals surface area contributed by atoms with Crippen LogP contribution in [0.4, 0.5) is 5.69 Å². The van der Waals surface area contributed by atoms with Crippen LogP contribution in [0.2, 0.25) is 0 Å². The Balaban J connectivity index is 2.16. The van der Waals surface area contributed by atoms with Gasteiger partial charge in [0, 0.05) is 6.20 Å². The van der Waals surface area contributed by atoms with Crippen LogP contribution < -0.4 is 5.73 Å². The standard InChI is InChI=1S/C13H16N4O4/c1-2-8-16-9-6(14)3-4-15-12(9)17(8)13-11(20)10(19)7(5-18)21-13/h2-4,7,10-11,13,18-20H,1,5H2,(H2,14,15)/t7-,10+,11?,13-/m1/s1. The van der Waals surface area contributed by atoms with Gasteiger partial charge in [0.05, 0.1) is 12.3 Å². The summed E-state index contributed by atoms with van der Waals surface area (Å²) in [5.41, 5.74) is 7.18. The largest absolute Gasteiger partial charge is 0.397 e. The van der Waals surface area contributed by atoms with Gasteiger partial charge in [0.1, 0.15) is 29.7 Å². The first-order chi connectivity index (χ1) is 10.1. The summed E-state index contributed by atoms with van der Waals surface area (Å²) in [6.45, 7) is 3.27. The molecule has 0 aliphatic carbocycles. The smallest absolute Gasteiger partial charge is 0.166 e. The molecule has 0 saturated carbocycles. The average molecular weight is 292 g/mol. The van der Waals surface area contributed by atoms with Gasteiger partial charge in [0.2, 0.25) is 0 Å². The fraction of sp³-hybridized carbons (Fsp3) is 0.385. The van der Waals surface area contributed by atoms with E-state index in [-0.39, 0.29) is 0 Å². The number of imidazole rings is 1. The van der Waals surface area contributed by atoms with E-state index in [9.17, 15) is 15.3 Å². The Morgan fingerprint density at radius 2 is 2.19 bits per heavy atom. The second kappa shape index (κ2) is 5.08. The molecule has 112 valence electrons. The summed E-state index contributed by atoms with van der Waals surface area (Å²) in [5, 5.41) is 29.2. The van der Waals surface area contributed by atoms with Crippen molar-refractivity contribution in [3.05, 3.63) is 24.7 Å². The van der Waals surface area contributed by atoms with Crippen LogP contribution in [0.25, 0.3) is 17.2 Å². The number of nitrogens with two attached hydrogens (primary N) is 1. The van der Waals surface area contributed by atoms with E-state index in [1.54, 1.807) is 6.07 Å². The van der Waals surface area contributed by atoms with Crippen LogP contribution in [0.3, 0.4) is 0 Å². The number of hydrogen-bond donors (Lipinski definition) is 4. The minimum absolute atomic E-state index is 0.402. The zero-order valence-corrected chi connectivity index (χ0v) is 11.1. The number of aliphatic hydroxyl groups excluding tert-OH is 3. The Bertz CT molecular complexity index is 686. The molecular formula is C13H16N4O4. The van der Waals surface area contributed by atoms with Crippen molar-refractivity contribution in [2.24, 2.45) is 0 Å². The number of hydrogen-bond acceptors (Lipinski definition) is 7. The van der Waals surface area contributed by atoms with E-state index in [1.165, 1.54) is 16.8 Å². The van der Waals surface area contributed by atoms with Crippen molar-refractivity contribution in [1.82, 2.24) is 14.5 Å². The first-order valence-corrected chi connectivity index (χ1v) is 6.45. The van der Waals surface area contributed by atoms with Gasteiger partial charge in [0.25, 0.3) is 0 Å². The molecule has 1 unspecified atom stereocenters. The third kappa shape index (κ3) is 2.00. The molecule has 0 aromatic carbocycles. The van der Waals surface area contributed by atoms with Crippen molar-refractivity contribution in [2.45, 2.75) is 24.5 Å². The third-order valence-corrected chi connectivity index (χ3v) is 3.59. The van der Waals surface area contributed by atoms with Gasteiger partial charge in [-0.2, -0.15) is 0 Å². The number of pyridine rings is 1. The highest BCUT2D eigenvalue weighted by Gasteiger charge is 2.44. The van der Waals surface area contributed by atoms with E-state index in [4.69, 9.17) is 10.5 Å². The van der Waals surface area contributed by atoms with Gasteiger partial charge in [-0.25, -0.2) is 9.97 Å². The molecule has 1 saturated heterocycles. The number of aliphatic hydroxyl groups is 3. The molecule has 2 aromatic rings. The second-order valence-electron chi connectivity index (χ2n) is 4.85. The predicted octanol–water partition coefficient (Wildman–Crippen LogP) is -0.732. The fourth-order valence-corrected chi connectivity index (χ4v) is 2.51. The van der Waals surface area contributed by atoms with Crippen LogP contribution in [-0.4, -0.2) is 54.8 Å². The highest BCUT2D eigenvalue weighted by atomic mass is 16.6. The van der Waals surface area contributed by atoms with Crippen molar-refractivity contribution in [3.63, 3.8) is 0 Å². The van der Waals surface area contributed by atoms with E-state index in [1.807, 2.05) is 0 Å². The van der Waals surface area contributed by atoms with E-state index < -0.39 is 31.1 Å². The fourth-order valence-electron chi connectivity index (χ4n) is 2.51. The van der Waals surface area contributed by atoms with Crippen molar-refractivity contribution in [3.8, 4) is 0 Å². The molecule has 4 atom stereocenters. The summed E-state index contributed by atoms with van der Waals surface area (Å²) in [4.78, 5) is 8.51. The lowest BCUT2D eigenvalue weighted by molar-refractivity contribution is -0.0513. The lowest BCUT2D eigenvalue weighted by Gasteiger charge is -2.18. The molecular weight excluding hydrogens is 276 g/mol. The lowest BCUT2D eigenvalue weighted by Crippen LogP contribution is -2.33. The molecule has 21 heavy (non-hydrogen) atoms. The molecule has 0 amide bonds. The number of nitrogens with zero attached hydrogens (tertiary/aromatic N) is 3. The summed E-state index contributed by atoms with van der Waals surface area (Å²) < 4.78 is 7.03. The number of nitrogen functional groups attached to an aromatic ring is 1. The van der Waals surface area contributed by atoms with Crippen molar-refractivity contribution >= 4 is 22.9 Å². The van der Waals surface area contributed by atoms with Gasteiger partial charge < -0.3 is 25.8 Å². The maximum absolute atomic E-state index is 10.2. The van der Waals surface area contributed by atoms with Crippen molar-refractivity contribution in [1.29, 1.82) is 0 Å². The Morgan fingerprint density at radius 3 is 2.81 bits per heavy atom. The first-order valence-electron chi connectivity index (χ1n) is 6.45. The summed E-state index contributed by atoms with van der Waals surface area (Å²) in [5.74, 6) is 0.408. The molecule has 0 radical (unpaired) electrons. The summed E-state index contributed by atoms with van der Waals surface area (Å²) in [6.07, 6.45) is -1.22. The summed E-state index contributed by atoms with van der Waals surface area (Å²) in [7, 11) is 0. The van der Waals surface area contributed by atoms with Gasteiger partial charge in [-0.1, -0.05) is 6.58 Å².